The standard InChI is InChI=1S/C21H22N4O/c26-21(23-13-4-8-17-6-2-1-3-7-17)25-15-18-10-11-20(24-14-18)19-9-5-12-22-16-19/h1-3,5-7,9-12,14,16H,4,8,13,15H2,(H2,23,25,26). The molecule has 0 aliphatic rings. The Labute approximate surface area is 153 Å². The molecule has 26 heavy (non-hydrogen) atoms. The van der Waals surface area contributed by atoms with E-state index in [-0.39, 0.29) is 6.03 Å². The molecule has 0 saturated heterocycles. The molecule has 2 amide bonds. The molecule has 0 aliphatic heterocycles. The summed E-state index contributed by atoms with van der Waals surface area (Å²) in [4.78, 5) is 20.4. The number of carbonyl (C=O) groups is 1. The molecule has 1 aromatic carbocycles. The Bertz CT molecular complexity index is 804. The van der Waals surface area contributed by atoms with E-state index in [0.29, 0.717) is 13.1 Å². The molecule has 3 aromatic rings. The quantitative estimate of drug-likeness (QED) is 0.643. The third-order valence-corrected chi connectivity index (χ3v) is 4.01. The van der Waals surface area contributed by atoms with Crippen molar-refractivity contribution in [2.75, 3.05) is 6.54 Å². The zero-order valence-corrected chi connectivity index (χ0v) is 14.6. The molecule has 2 N–H and O–H groups in total. The van der Waals surface area contributed by atoms with Gasteiger partial charge in [0.2, 0.25) is 0 Å². The maximum Gasteiger partial charge on any atom is 0.315 e. The van der Waals surface area contributed by atoms with Gasteiger partial charge in [0.25, 0.3) is 0 Å². The molecule has 0 saturated carbocycles. The minimum absolute atomic E-state index is 0.158. The fourth-order valence-corrected chi connectivity index (χ4v) is 2.60. The highest BCUT2D eigenvalue weighted by atomic mass is 16.2. The van der Waals surface area contributed by atoms with Crippen LogP contribution in [0.15, 0.2) is 73.2 Å². The molecule has 0 aliphatic carbocycles. The molecule has 2 aromatic heterocycles. The van der Waals surface area contributed by atoms with E-state index in [2.05, 4.69) is 32.7 Å². The van der Waals surface area contributed by atoms with Crippen LogP contribution in [0.3, 0.4) is 0 Å². The lowest BCUT2D eigenvalue weighted by atomic mass is 10.1. The molecule has 2 heterocycles. The van der Waals surface area contributed by atoms with Crippen LogP contribution >= 0.6 is 0 Å². The number of benzene rings is 1. The Morgan fingerprint density at radius 1 is 0.885 bits per heavy atom. The van der Waals surface area contributed by atoms with Gasteiger partial charge in [-0.1, -0.05) is 36.4 Å². The van der Waals surface area contributed by atoms with Crippen LogP contribution < -0.4 is 10.6 Å². The lowest BCUT2D eigenvalue weighted by Crippen LogP contribution is -2.35. The van der Waals surface area contributed by atoms with Gasteiger partial charge in [0.15, 0.2) is 0 Å². The predicted octanol–water partition coefficient (Wildman–Crippen LogP) is 3.58. The van der Waals surface area contributed by atoms with E-state index >= 15 is 0 Å². The van der Waals surface area contributed by atoms with Crippen LogP contribution in [0.2, 0.25) is 0 Å². The lowest BCUT2D eigenvalue weighted by molar-refractivity contribution is 0.240. The van der Waals surface area contributed by atoms with Gasteiger partial charge in [0, 0.05) is 37.2 Å². The molecule has 132 valence electrons. The maximum atomic E-state index is 11.9. The van der Waals surface area contributed by atoms with Gasteiger partial charge < -0.3 is 10.6 Å². The van der Waals surface area contributed by atoms with Crippen molar-refractivity contribution in [2.45, 2.75) is 19.4 Å². The van der Waals surface area contributed by atoms with Gasteiger partial charge in [-0.25, -0.2) is 4.79 Å². The van der Waals surface area contributed by atoms with Gasteiger partial charge in [-0.15, -0.1) is 0 Å². The normalized spacial score (nSPS) is 10.3. The fraction of sp³-hybridized carbons (Fsp3) is 0.190. The number of hydrogen-bond acceptors (Lipinski definition) is 3. The first-order chi connectivity index (χ1) is 12.8. The van der Waals surface area contributed by atoms with E-state index in [9.17, 15) is 4.79 Å². The number of nitrogens with one attached hydrogen (secondary N) is 2. The molecule has 0 bridgehead atoms. The summed E-state index contributed by atoms with van der Waals surface area (Å²) in [7, 11) is 0. The van der Waals surface area contributed by atoms with Crippen LogP contribution in [-0.4, -0.2) is 22.5 Å². The van der Waals surface area contributed by atoms with E-state index in [1.807, 2.05) is 42.5 Å². The number of nitrogens with zero attached hydrogens (tertiary/aromatic N) is 2. The molecule has 0 atom stereocenters. The zero-order chi connectivity index (χ0) is 18.0. The molecule has 0 unspecified atom stereocenters. The largest absolute Gasteiger partial charge is 0.338 e. The topological polar surface area (TPSA) is 66.9 Å². The number of carbonyl (C=O) groups excluding carboxylic acids is 1. The third-order valence-electron chi connectivity index (χ3n) is 4.01. The molecule has 3 rings (SSSR count). The average molecular weight is 346 g/mol. The second-order valence-corrected chi connectivity index (χ2v) is 5.99. The summed E-state index contributed by atoms with van der Waals surface area (Å²) in [6, 6.07) is 17.9. The SMILES string of the molecule is O=C(NCCCc1ccccc1)NCc1ccc(-c2cccnc2)nc1. The second kappa shape index (κ2) is 9.32. The van der Waals surface area contributed by atoms with Crippen LogP contribution in [0.1, 0.15) is 17.5 Å². The first-order valence-electron chi connectivity index (χ1n) is 8.72. The summed E-state index contributed by atoms with van der Waals surface area (Å²) in [5.74, 6) is 0. The summed E-state index contributed by atoms with van der Waals surface area (Å²) in [5.41, 5.74) is 4.09. The van der Waals surface area contributed by atoms with E-state index in [4.69, 9.17) is 0 Å². The Balaban J connectivity index is 1.37. The van der Waals surface area contributed by atoms with Crippen LogP contribution in [0.25, 0.3) is 11.3 Å². The van der Waals surface area contributed by atoms with Crippen LogP contribution in [0, 0.1) is 0 Å². The summed E-state index contributed by atoms with van der Waals surface area (Å²) in [6.07, 6.45) is 7.17. The van der Waals surface area contributed by atoms with Crippen molar-refractivity contribution in [1.29, 1.82) is 0 Å². The number of aromatic nitrogens is 2. The molecule has 0 fully saturated rings. The van der Waals surface area contributed by atoms with E-state index in [1.165, 1.54) is 5.56 Å². The minimum atomic E-state index is -0.158. The van der Waals surface area contributed by atoms with Crippen molar-refractivity contribution < 1.29 is 4.79 Å². The number of hydrogen-bond donors (Lipinski definition) is 2. The van der Waals surface area contributed by atoms with Gasteiger partial charge in [0.05, 0.1) is 5.69 Å². The first-order valence-corrected chi connectivity index (χ1v) is 8.72. The summed E-state index contributed by atoms with van der Waals surface area (Å²) < 4.78 is 0. The smallest absolute Gasteiger partial charge is 0.315 e. The number of aryl methyl sites for hydroxylation is 1. The number of rotatable bonds is 7. The fourth-order valence-electron chi connectivity index (χ4n) is 2.60. The first kappa shape index (κ1) is 17.6. The van der Waals surface area contributed by atoms with E-state index < -0.39 is 0 Å². The highest BCUT2D eigenvalue weighted by Gasteiger charge is 2.02. The zero-order valence-electron chi connectivity index (χ0n) is 14.6. The Kier molecular flexibility index (Phi) is 6.31. The maximum absolute atomic E-state index is 11.9. The third kappa shape index (κ3) is 5.41. The molecule has 0 radical (unpaired) electrons. The Hall–Kier alpha value is -3.21. The molecular weight excluding hydrogens is 324 g/mol. The summed E-state index contributed by atoms with van der Waals surface area (Å²) >= 11 is 0. The molecule has 0 spiro atoms. The van der Waals surface area contributed by atoms with Crippen LogP contribution in [-0.2, 0) is 13.0 Å². The van der Waals surface area contributed by atoms with Crippen molar-refractivity contribution in [3.8, 4) is 11.3 Å². The van der Waals surface area contributed by atoms with Gasteiger partial charge in [-0.2, -0.15) is 0 Å². The monoisotopic (exact) mass is 346 g/mol. The predicted molar refractivity (Wildman–Crippen MR) is 102 cm³/mol. The van der Waals surface area contributed by atoms with Crippen molar-refractivity contribution in [3.05, 3.63) is 84.3 Å². The number of amides is 2. The molecule has 5 heteroatoms. The number of pyridine rings is 2. The van der Waals surface area contributed by atoms with E-state index in [1.54, 1.807) is 18.6 Å². The average Bonchev–Trinajstić information content (AvgIpc) is 2.71. The Morgan fingerprint density at radius 3 is 2.50 bits per heavy atom. The summed E-state index contributed by atoms with van der Waals surface area (Å²) in [5, 5.41) is 5.74. The molecule has 5 nitrogen and oxygen atoms in total. The number of urea groups is 1. The van der Waals surface area contributed by atoms with Crippen molar-refractivity contribution in [2.24, 2.45) is 0 Å². The minimum Gasteiger partial charge on any atom is -0.338 e. The highest BCUT2D eigenvalue weighted by molar-refractivity contribution is 5.73. The van der Waals surface area contributed by atoms with Gasteiger partial charge in [0.1, 0.15) is 0 Å². The lowest BCUT2D eigenvalue weighted by Gasteiger charge is -2.08. The molecular formula is C21H22N4O. The Morgan fingerprint density at radius 2 is 1.77 bits per heavy atom. The highest BCUT2D eigenvalue weighted by Crippen LogP contribution is 2.14. The van der Waals surface area contributed by atoms with Crippen LogP contribution in [0.5, 0.6) is 0 Å². The summed E-state index contributed by atoms with van der Waals surface area (Å²) in [6.45, 7) is 1.10. The van der Waals surface area contributed by atoms with Crippen LogP contribution in [0.4, 0.5) is 4.79 Å². The second-order valence-electron chi connectivity index (χ2n) is 5.99. The van der Waals surface area contributed by atoms with E-state index in [0.717, 1.165) is 29.7 Å². The van der Waals surface area contributed by atoms with Crippen molar-refractivity contribution in [1.82, 2.24) is 20.6 Å². The van der Waals surface area contributed by atoms with Crippen molar-refractivity contribution in [3.63, 3.8) is 0 Å². The van der Waals surface area contributed by atoms with Crippen molar-refractivity contribution >= 4 is 6.03 Å². The van der Waals surface area contributed by atoms with Gasteiger partial charge in [-0.05, 0) is 42.2 Å². The van der Waals surface area contributed by atoms with Gasteiger partial charge >= 0.3 is 6.03 Å². The van der Waals surface area contributed by atoms with Gasteiger partial charge in [-0.3, -0.25) is 9.97 Å².